The number of aromatic nitrogens is 3. The molecular weight excluding hydrogens is 261 g/mol. The number of nitrogen functional groups attached to an aromatic ring is 1. The molecule has 0 unspecified atom stereocenters. The molecule has 0 atom stereocenters. The van der Waals surface area contributed by atoms with Gasteiger partial charge in [0, 0.05) is 12.4 Å². The first-order valence-electron chi connectivity index (χ1n) is 5.12. The Labute approximate surface area is 106 Å². The van der Waals surface area contributed by atoms with E-state index in [9.17, 15) is 13.2 Å². The Kier molecular flexibility index (Phi) is 3.24. The van der Waals surface area contributed by atoms with Crippen LogP contribution in [0.4, 0.5) is 19.0 Å². The van der Waals surface area contributed by atoms with Gasteiger partial charge in [-0.25, -0.2) is 9.97 Å². The molecule has 0 aliphatic heterocycles. The molecule has 19 heavy (non-hydrogen) atoms. The molecule has 5 nitrogen and oxygen atoms in total. The van der Waals surface area contributed by atoms with Crippen LogP contribution < -0.4 is 10.5 Å². The van der Waals surface area contributed by atoms with E-state index in [2.05, 4.69) is 15.0 Å². The van der Waals surface area contributed by atoms with Crippen LogP contribution in [0.2, 0.25) is 0 Å². The molecule has 0 aliphatic rings. The van der Waals surface area contributed by atoms with Crippen LogP contribution in [0.3, 0.4) is 0 Å². The van der Waals surface area contributed by atoms with Crippen LogP contribution >= 0.6 is 0 Å². The zero-order valence-corrected chi connectivity index (χ0v) is 9.77. The Bertz CT molecular complexity index is 601. The van der Waals surface area contributed by atoms with Gasteiger partial charge in [0.15, 0.2) is 0 Å². The van der Waals surface area contributed by atoms with Gasteiger partial charge in [0.1, 0.15) is 17.2 Å². The van der Waals surface area contributed by atoms with E-state index in [4.69, 9.17) is 10.5 Å². The summed E-state index contributed by atoms with van der Waals surface area (Å²) >= 11 is 0. The summed E-state index contributed by atoms with van der Waals surface area (Å²) in [6.45, 7) is 0. The van der Waals surface area contributed by atoms with Crippen molar-refractivity contribution in [3.63, 3.8) is 0 Å². The highest BCUT2D eigenvalue weighted by Crippen LogP contribution is 2.34. The van der Waals surface area contributed by atoms with Crippen molar-refractivity contribution in [1.29, 1.82) is 0 Å². The zero-order chi connectivity index (χ0) is 14.0. The predicted molar refractivity (Wildman–Crippen MR) is 61.2 cm³/mol. The van der Waals surface area contributed by atoms with E-state index in [1.165, 1.54) is 25.6 Å². The van der Waals surface area contributed by atoms with Crippen molar-refractivity contribution in [2.45, 2.75) is 6.18 Å². The average Bonchev–Trinajstić information content (AvgIpc) is 2.37. The van der Waals surface area contributed by atoms with E-state index >= 15 is 0 Å². The van der Waals surface area contributed by atoms with Crippen molar-refractivity contribution >= 4 is 5.82 Å². The minimum absolute atomic E-state index is 0.0855. The van der Waals surface area contributed by atoms with E-state index in [0.29, 0.717) is 0 Å². The highest BCUT2D eigenvalue weighted by molar-refractivity contribution is 5.73. The van der Waals surface area contributed by atoms with Crippen LogP contribution in [0.25, 0.3) is 11.3 Å². The Morgan fingerprint density at radius 1 is 1.16 bits per heavy atom. The van der Waals surface area contributed by atoms with Crippen molar-refractivity contribution in [3.05, 3.63) is 30.2 Å². The number of hydrogen-bond acceptors (Lipinski definition) is 5. The van der Waals surface area contributed by atoms with E-state index < -0.39 is 11.9 Å². The third-order valence-corrected chi connectivity index (χ3v) is 2.33. The smallest absolute Gasteiger partial charge is 0.433 e. The molecule has 2 N–H and O–H groups in total. The molecule has 0 bridgehead atoms. The average molecular weight is 270 g/mol. The first kappa shape index (κ1) is 13.1. The fraction of sp³-hybridized carbons (Fsp3) is 0.182. The summed E-state index contributed by atoms with van der Waals surface area (Å²) in [6.07, 6.45) is -1.79. The lowest BCUT2D eigenvalue weighted by Gasteiger charge is -2.11. The first-order valence-corrected chi connectivity index (χ1v) is 5.12. The summed E-state index contributed by atoms with van der Waals surface area (Å²) in [5, 5.41) is 0. The van der Waals surface area contributed by atoms with Gasteiger partial charge in [-0.3, -0.25) is 4.98 Å². The Morgan fingerprint density at radius 3 is 2.42 bits per heavy atom. The van der Waals surface area contributed by atoms with Gasteiger partial charge in [-0.15, -0.1) is 0 Å². The van der Waals surface area contributed by atoms with Crippen molar-refractivity contribution in [3.8, 4) is 17.1 Å². The second-order valence-corrected chi connectivity index (χ2v) is 3.54. The van der Waals surface area contributed by atoms with Crippen LogP contribution in [0.1, 0.15) is 5.69 Å². The van der Waals surface area contributed by atoms with Gasteiger partial charge in [-0.2, -0.15) is 13.2 Å². The van der Waals surface area contributed by atoms with Gasteiger partial charge in [0.2, 0.25) is 5.88 Å². The summed E-state index contributed by atoms with van der Waals surface area (Å²) in [7, 11) is 1.22. The number of methoxy groups -OCH3 is 1. The number of nitrogens with two attached hydrogens (primary N) is 1. The number of nitrogens with zero attached hydrogens (tertiary/aromatic N) is 3. The lowest BCUT2D eigenvalue weighted by Crippen LogP contribution is -2.09. The first-order chi connectivity index (χ1) is 8.93. The van der Waals surface area contributed by atoms with E-state index in [-0.39, 0.29) is 23.0 Å². The van der Waals surface area contributed by atoms with Crippen molar-refractivity contribution < 1.29 is 17.9 Å². The fourth-order valence-electron chi connectivity index (χ4n) is 1.49. The molecule has 0 radical (unpaired) electrons. The summed E-state index contributed by atoms with van der Waals surface area (Å²) in [6, 6.07) is 2.04. The molecule has 0 fully saturated rings. The SMILES string of the molecule is COc1nc(C(F)(F)F)ccc1-c1nccnc1N. The van der Waals surface area contributed by atoms with Gasteiger partial charge >= 0.3 is 6.18 Å². The summed E-state index contributed by atoms with van der Waals surface area (Å²) < 4.78 is 42.5. The van der Waals surface area contributed by atoms with E-state index in [1.807, 2.05) is 0 Å². The summed E-state index contributed by atoms with van der Waals surface area (Å²) in [5.74, 6) is -0.121. The summed E-state index contributed by atoms with van der Waals surface area (Å²) in [4.78, 5) is 11.2. The number of alkyl halides is 3. The normalized spacial score (nSPS) is 11.4. The number of anilines is 1. The van der Waals surface area contributed by atoms with Crippen LogP contribution in [-0.2, 0) is 6.18 Å². The number of pyridine rings is 1. The van der Waals surface area contributed by atoms with Crippen molar-refractivity contribution in [2.24, 2.45) is 0 Å². The Hall–Kier alpha value is -2.38. The lowest BCUT2D eigenvalue weighted by molar-refractivity contribution is -0.141. The summed E-state index contributed by atoms with van der Waals surface area (Å²) in [5.41, 5.74) is 5.05. The molecule has 2 aromatic heterocycles. The van der Waals surface area contributed by atoms with Crippen molar-refractivity contribution in [2.75, 3.05) is 12.8 Å². The maximum absolute atomic E-state index is 12.5. The third-order valence-electron chi connectivity index (χ3n) is 2.33. The topological polar surface area (TPSA) is 73.9 Å². The Balaban J connectivity index is 2.57. The van der Waals surface area contributed by atoms with Crippen LogP contribution in [0.15, 0.2) is 24.5 Å². The molecule has 0 amide bonds. The monoisotopic (exact) mass is 270 g/mol. The minimum atomic E-state index is -4.54. The minimum Gasteiger partial charge on any atom is -0.480 e. The molecule has 0 saturated carbocycles. The highest BCUT2D eigenvalue weighted by Gasteiger charge is 2.33. The second-order valence-electron chi connectivity index (χ2n) is 3.54. The molecule has 2 heterocycles. The fourth-order valence-corrected chi connectivity index (χ4v) is 1.49. The predicted octanol–water partition coefficient (Wildman–Crippen LogP) is 2.15. The quantitative estimate of drug-likeness (QED) is 0.905. The van der Waals surface area contributed by atoms with E-state index in [1.54, 1.807) is 0 Å². The highest BCUT2D eigenvalue weighted by atomic mass is 19.4. The molecule has 100 valence electrons. The van der Waals surface area contributed by atoms with Gasteiger partial charge < -0.3 is 10.5 Å². The van der Waals surface area contributed by atoms with Gasteiger partial charge in [0.25, 0.3) is 0 Å². The second kappa shape index (κ2) is 4.71. The number of halogens is 3. The van der Waals surface area contributed by atoms with Crippen molar-refractivity contribution in [1.82, 2.24) is 15.0 Å². The molecule has 0 aliphatic carbocycles. The maximum Gasteiger partial charge on any atom is 0.433 e. The van der Waals surface area contributed by atoms with Crippen LogP contribution in [0, 0.1) is 0 Å². The van der Waals surface area contributed by atoms with E-state index in [0.717, 1.165) is 6.07 Å². The third kappa shape index (κ3) is 2.56. The zero-order valence-electron chi connectivity index (χ0n) is 9.77. The molecule has 0 spiro atoms. The molecule has 0 saturated heterocycles. The molecule has 8 heteroatoms. The number of ether oxygens (including phenoxy) is 1. The van der Waals surface area contributed by atoms with Crippen LogP contribution in [-0.4, -0.2) is 22.1 Å². The lowest BCUT2D eigenvalue weighted by atomic mass is 10.1. The standard InChI is InChI=1S/C11H9F3N4O/c1-19-10-6(8-9(15)17-5-4-16-8)2-3-7(18-10)11(12,13)14/h2-5H,1H3,(H2,15,17). The number of rotatable bonds is 2. The van der Waals surface area contributed by atoms with Gasteiger partial charge in [-0.05, 0) is 12.1 Å². The van der Waals surface area contributed by atoms with Gasteiger partial charge in [0.05, 0.1) is 12.7 Å². The molecule has 0 aromatic carbocycles. The molecule has 2 aromatic rings. The Morgan fingerprint density at radius 2 is 1.84 bits per heavy atom. The molecular formula is C11H9F3N4O. The van der Waals surface area contributed by atoms with Gasteiger partial charge in [-0.1, -0.05) is 0 Å². The maximum atomic E-state index is 12.5. The number of hydrogen-bond donors (Lipinski definition) is 1. The largest absolute Gasteiger partial charge is 0.480 e. The van der Waals surface area contributed by atoms with Crippen LogP contribution in [0.5, 0.6) is 5.88 Å². The molecule has 2 rings (SSSR count).